The summed E-state index contributed by atoms with van der Waals surface area (Å²) in [6.45, 7) is 1.53. The molecule has 24 heavy (non-hydrogen) atoms. The minimum absolute atomic E-state index is 0.145. The molecule has 1 aliphatic carbocycles. The van der Waals surface area contributed by atoms with Crippen LogP contribution in [0.1, 0.15) is 43.4 Å². The quantitative estimate of drug-likeness (QED) is 0.587. The molecule has 0 aliphatic heterocycles. The van der Waals surface area contributed by atoms with Gasteiger partial charge in [-0.2, -0.15) is 0 Å². The van der Waals surface area contributed by atoms with Crippen molar-refractivity contribution in [2.45, 2.75) is 51.0 Å². The summed E-state index contributed by atoms with van der Waals surface area (Å²) < 4.78 is 0. The third kappa shape index (κ3) is 6.51. The van der Waals surface area contributed by atoms with Gasteiger partial charge in [-0.05, 0) is 30.7 Å². The first kappa shape index (κ1) is 18.8. The van der Waals surface area contributed by atoms with E-state index in [1.807, 2.05) is 7.05 Å². The lowest BCUT2D eigenvalue weighted by molar-refractivity contribution is -0.121. The zero-order valence-electron chi connectivity index (χ0n) is 14.9. The monoisotopic (exact) mass is 350 g/mol. The molecule has 0 atom stereocenters. The SMILES string of the molecule is CN=C(NCCC(=O)NC1CCCCC1)N(C)CCc1cccs1. The fourth-order valence-electron chi connectivity index (χ4n) is 3.06. The predicted octanol–water partition coefficient (Wildman–Crippen LogP) is 2.64. The Morgan fingerprint density at radius 1 is 1.38 bits per heavy atom. The smallest absolute Gasteiger partial charge is 0.221 e. The molecule has 0 aromatic carbocycles. The van der Waals surface area contributed by atoms with E-state index in [2.05, 4.69) is 38.0 Å². The number of nitrogens with zero attached hydrogens (tertiary/aromatic N) is 2. The molecule has 1 saturated carbocycles. The van der Waals surface area contributed by atoms with E-state index in [-0.39, 0.29) is 5.91 Å². The van der Waals surface area contributed by atoms with Crippen LogP contribution in [0.5, 0.6) is 0 Å². The van der Waals surface area contributed by atoms with Crippen molar-refractivity contribution in [1.29, 1.82) is 0 Å². The van der Waals surface area contributed by atoms with Gasteiger partial charge in [-0.1, -0.05) is 25.3 Å². The summed E-state index contributed by atoms with van der Waals surface area (Å²) in [6, 6.07) is 4.63. The van der Waals surface area contributed by atoms with Gasteiger partial charge < -0.3 is 15.5 Å². The first-order chi connectivity index (χ1) is 11.7. The Kier molecular flexibility index (Phi) is 8.08. The summed E-state index contributed by atoms with van der Waals surface area (Å²) in [6.07, 6.45) is 7.56. The molecule has 1 aromatic heterocycles. The Morgan fingerprint density at radius 2 is 2.17 bits per heavy atom. The zero-order chi connectivity index (χ0) is 17.2. The first-order valence-corrected chi connectivity index (χ1v) is 9.80. The second-order valence-corrected chi connectivity index (χ2v) is 7.41. The molecule has 1 heterocycles. The Balaban J connectivity index is 1.64. The van der Waals surface area contributed by atoms with E-state index in [0.29, 0.717) is 19.0 Å². The predicted molar refractivity (Wildman–Crippen MR) is 102 cm³/mol. The van der Waals surface area contributed by atoms with Crippen LogP contribution in [0.3, 0.4) is 0 Å². The van der Waals surface area contributed by atoms with Crippen molar-refractivity contribution < 1.29 is 4.79 Å². The van der Waals surface area contributed by atoms with Crippen LogP contribution in [0.4, 0.5) is 0 Å². The molecule has 0 bridgehead atoms. The maximum atomic E-state index is 12.0. The molecule has 0 radical (unpaired) electrons. The summed E-state index contributed by atoms with van der Waals surface area (Å²) in [4.78, 5) is 19.8. The van der Waals surface area contributed by atoms with Gasteiger partial charge in [0.1, 0.15) is 0 Å². The summed E-state index contributed by atoms with van der Waals surface area (Å²) in [5, 5.41) is 8.54. The highest BCUT2D eigenvalue weighted by atomic mass is 32.1. The highest BCUT2D eigenvalue weighted by Crippen LogP contribution is 2.17. The molecule has 6 heteroatoms. The maximum Gasteiger partial charge on any atom is 0.221 e. The average Bonchev–Trinajstić information content (AvgIpc) is 3.11. The van der Waals surface area contributed by atoms with Gasteiger partial charge in [-0.15, -0.1) is 11.3 Å². The van der Waals surface area contributed by atoms with E-state index in [1.165, 1.54) is 24.1 Å². The minimum Gasteiger partial charge on any atom is -0.356 e. The van der Waals surface area contributed by atoms with E-state index >= 15 is 0 Å². The Morgan fingerprint density at radius 3 is 2.83 bits per heavy atom. The van der Waals surface area contributed by atoms with E-state index in [9.17, 15) is 4.79 Å². The summed E-state index contributed by atoms with van der Waals surface area (Å²) in [7, 11) is 3.82. The zero-order valence-corrected chi connectivity index (χ0v) is 15.7. The number of guanidine groups is 1. The number of hydrogen-bond acceptors (Lipinski definition) is 3. The van der Waals surface area contributed by atoms with Crippen LogP contribution in [0.2, 0.25) is 0 Å². The van der Waals surface area contributed by atoms with E-state index in [4.69, 9.17) is 0 Å². The van der Waals surface area contributed by atoms with Gasteiger partial charge in [0.15, 0.2) is 5.96 Å². The van der Waals surface area contributed by atoms with E-state index < -0.39 is 0 Å². The molecule has 0 unspecified atom stereocenters. The van der Waals surface area contributed by atoms with Gasteiger partial charge >= 0.3 is 0 Å². The maximum absolute atomic E-state index is 12.0. The third-order valence-corrected chi connectivity index (χ3v) is 5.39. The van der Waals surface area contributed by atoms with Crippen molar-refractivity contribution in [3.05, 3.63) is 22.4 Å². The van der Waals surface area contributed by atoms with Crippen LogP contribution in [0.15, 0.2) is 22.5 Å². The van der Waals surface area contributed by atoms with Gasteiger partial charge in [0.25, 0.3) is 0 Å². The average molecular weight is 351 g/mol. The number of thiophene rings is 1. The summed E-state index contributed by atoms with van der Waals surface area (Å²) in [5.74, 6) is 0.989. The number of rotatable bonds is 7. The Labute approximate surface area is 149 Å². The van der Waals surface area contributed by atoms with Crippen LogP contribution < -0.4 is 10.6 Å². The summed E-state index contributed by atoms with van der Waals surface area (Å²) >= 11 is 1.78. The van der Waals surface area contributed by atoms with Gasteiger partial charge in [0.05, 0.1) is 0 Å². The fourth-order valence-corrected chi connectivity index (χ4v) is 3.76. The summed E-state index contributed by atoms with van der Waals surface area (Å²) in [5.41, 5.74) is 0. The van der Waals surface area contributed by atoms with Crippen molar-refractivity contribution in [2.75, 3.05) is 27.2 Å². The molecule has 134 valence electrons. The molecule has 1 fully saturated rings. The lowest BCUT2D eigenvalue weighted by atomic mass is 9.95. The minimum atomic E-state index is 0.145. The Hall–Kier alpha value is -1.56. The van der Waals surface area contributed by atoms with Crippen LogP contribution in [-0.4, -0.2) is 50.0 Å². The van der Waals surface area contributed by atoms with Gasteiger partial charge in [-0.25, -0.2) is 0 Å². The molecule has 1 aliphatic rings. The highest BCUT2D eigenvalue weighted by molar-refractivity contribution is 7.09. The second-order valence-electron chi connectivity index (χ2n) is 6.38. The number of hydrogen-bond donors (Lipinski definition) is 2. The molecular formula is C18H30N4OS. The third-order valence-electron chi connectivity index (χ3n) is 4.45. The van der Waals surface area contributed by atoms with Gasteiger partial charge in [0.2, 0.25) is 5.91 Å². The molecule has 1 amide bonds. The second kappa shape index (κ2) is 10.3. The molecule has 5 nitrogen and oxygen atoms in total. The largest absolute Gasteiger partial charge is 0.356 e. The number of nitrogens with one attached hydrogen (secondary N) is 2. The van der Waals surface area contributed by atoms with Crippen molar-refractivity contribution in [2.24, 2.45) is 4.99 Å². The first-order valence-electron chi connectivity index (χ1n) is 8.92. The number of carbonyl (C=O) groups excluding carboxylic acids is 1. The number of amides is 1. The normalized spacial score (nSPS) is 16.0. The lowest BCUT2D eigenvalue weighted by Gasteiger charge is -2.24. The van der Waals surface area contributed by atoms with Gasteiger partial charge in [-0.3, -0.25) is 9.79 Å². The fraction of sp³-hybridized carbons (Fsp3) is 0.667. The van der Waals surface area contributed by atoms with Crippen LogP contribution in [-0.2, 0) is 11.2 Å². The molecule has 0 saturated heterocycles. The van der Waals surface area contributed by atoms with Gasteiger partial charge in [0, 0.05) is 44.5 Å². The highest BCUT2D eigenvalue weighted by Gasteiger charge is 2.15. The molecule has 2 rings (SSSR count). The lowest BCUT2D eigenvalue weighted by Crippen LogP contribution is -2.42. The van der Waals surface area contributed by atoms with Crippen molar-refractivity contribution in [3.8, 4) is 0 Å². The van der Waals surface area contributed by atoms with Crippen LogP contribution in [0, 0.1) is 0 Å². The topological polar surface area (TPSA) is 56.7 Å². The molecule has 0 spiro atoms. The van der Waals surface area contributed by atoms with E-state index in [0.717, 1.165) is 31.8 Å². The van der Waals surface area contributed by atoms with E-state index in [1.54, 1.807) is 18.4 Å². The number of carbonyl (C=O) groups is 1. The van der Waals surface area contributed by atoms with Crippen LogP contribution in [0.25, 0.3) is 0 Å². The molecule has 2 N–H and O–H groups in total. The standard InChI is InChI=1S/C18H30N4OS/c1-19-18(22(2)13-11-16-9-6-14-24-16)20-12-10-17(23)21-15-7-4-3-5-8-15/h6,9,14-15H,3-5,7-8,10-13H2,1-2H3,(H,19,20)(H,21,23). The van der Waals surface area contributed by atoms with Crippen LogP contribution >= 0.6 is 11.3 Å². The number of likely N-dealkylation sites (N-methyl/N-ethyl adjacent to an activating group) is 1. The molecular weight excluding hydrogens is 320 g/mol. The Bertz CT molecular complexity index is 509. The van der Waals surface area contributed by atoms with Crippen molar-refractivity contribution in [1.82, 2.24) is 15.5 Å². The number of aliphatic imine (C=N–C) groups is 1. The molecule has 1 aromatic rings. The van der Waals surface area contributed by atoms with Crippen molar-refractivity contribution in [3.63, 3.8) is 0 Å². The van der Waals surface area contributed by atoms with Crippen molar-refractivity contribution >= 4 is 23.2 Å².